The number of aryl methyl sites for hydroxylation is 1. The van der Waals surface area contributed by atoms with Gasteiger partial charge in [0, 0.05) is 30.7 Å². The maximum atomic E-state index is 13.0. The third-order valence-corrected chi connectivity index (χ3v) is 4.34. The highest BCUT2D eigenvalue weighted by atomic mass is 19.4. The second-order valence-corrected chi connectivity index (χ2v) is 6.69. The van der Waals surface area contributed by atoms with Gasteiger partial charge in [0.25, 0.3) is 5.91 Å². The first-order chi connectivity index (χ1) is 15.2. The Morgan fingerprint density at radius 2 is 1.56 bits per heavy atom. The molecule has 3 N–H and O–H groups in total. The molecule has 1 heterocycles. The molecule has 7 nitrogen and oxygen atoms in total. The molecule has 0 aliphatic heterocycles. The second kappa shape index (κ2) is 9.38. The van der Waals surface area contributed by atoms with E-state index >= 15 is 0 Å². The normalized spacial score (nSPS) is 10.9. The van der Waals surface area contributed by atoms with Crippen LogP contribution in [0.3, 0.4) is 0 Å². The second-order valence-electron chi connectivity index (χ2n) is 6.69. The Hall–Kier alpha value is -4.08. The standard InChI is InChI=1S/C22H19F3N4O3/c1-13-3-4-15(11-18(13)22(23,24)25)29-21(31)28-14-5-7-16(8-6-14)32-17-9-10-27-19(12-17)20(30)26-2/h3-12H,1-2H3,(H,26,30)(H2,28,29,31). The van der Waals surface area contributed by atoms with Crippen LogP contribution in [0.15, 0.2) is 60.8 Å². The van der Waals surface area contributed by atoms with Crippen molar-refractivity contribution in [3.05, 3.63) is 77.6 Å². The molecule has 2 aromatic carbocycles. The van der Waals surface area contributed by atoms with Crippen molar-refractivity contribution < 1.29 is 27.5 Å². The van der Waals surface area contributed by atoms with Crippen molar-refractivity contribution in [2.24, 2.45) is 0 Å². The summed E-state index contributed by atoms with van der Waals surface area (Å²) >= 11 is 0. The van der Waals surface area contributed by atoms with Crippen LogP contribution in [0.5, 0.6) is 11.5 Å². The zero-order valence-corrected chi connectivity index (χ0v) is 17.1. The van der Waals surface area contributed by atoms with Crippen molar-refractivity contribution in [1.82, 2.24) is 10.3 Å². The summed E-state index contributed by atoms with van der Waals surface area (Å²) in [5.74, 6) is 0.493. The van der Waals surface area contributed by atoms with Crippen LogP contribution in [0.25, 0.3) is 0 Å². The molecule has 3 rings (SSSR count). The number of alkyl halides is 3. The van der Waals surface area contributed by atoms with E-state index in [4.69, 9.17) is 4.74 Å². The van der Waals surface area contributed by atoms with Gasteiger partial charge >= 0.3 is 12.2 Å². The van der Waals surface area contributed by atoms with Gasteiger partial charge < -0.3 is 20.7 Å². The number of rotatable bonds is 5. The van der Waals surface area contributed by atoms with Crippen LogP contribution in [0, 0.1) is 6.92 Å². The number of nitrogens with zero attached hydrogens (tertiary/aromatic N) is 1. The molecule has 3 amide bonds. The summed E-state index contributed by atoms with van der Waals surface area (Å²) in [5, 5.41) is 7.39. The van der Waals surface area contributed by atoms with Gasteiger partial charge in [-0.05, 0) is 55.0 Å². The van der Waals surface area contributed by atoms with E-state index in [0.29, 0.717) is 17.2 Å². The van der Waals surface area contributed by atoms with Gasteiger partial charge in [-0.2, -0.15) is 13.2 Å². The Morgan fingerprint density at radius 1 is 0.906 bits per heavy atom. The number of carbonyl (C=O) groups excluding carboxylic acids is 2. The van der Waals surface area contributed by atoms with E-state index in [2.05, 4.69) is 20.9 Å². The number of anilines is 2. The summed E-state index contributed by atoms with van der Waals surface area (Å²) in [6, 6.07) is 12.2. The van der Waals surface area contributed by atoms with Crippen molar-refractivity contribution in [2.45, 2.75) is 13.1 Å². The van der Waals surface area contributed by atoms with Gasteiger partial charge in [0.2, 0.25) is 0 Å². The van der Waals surface area contributed by atoms with Gasteiger partial charge in [-0.25, -0.2) is 4.79 Å². The van der Waals surface area contributed by atoms with Gasteiger partial charge in [0.1, 0.15) is 17.2 Å². The van der Waals surface area contributed by atoms with Crippen LogP contribution < -0.4 is 20.7 Å². The number of halogens is 3. The van der Waals surface area contributed by atoms with E-state index in [1.807, 2.05) is 0 Å². The number of pyridine rings is 1. The molecule has 0 atom stereocenters. The molecule has 0 unspecified atom stereocenters. The smallest absolute Gasteiger partial charge is 0.416 e. The molecule has 0 aliphatic carbocycles. The first-order valence-electron chi connectivity index (χ1n) is 9.37. The molecule has 32 heavy (non-hydrogen) atoms. The summed E-state index contributed by atoms with van der Waals surface area (Å²) < 4.78 is 44.7. The van der Waals surface area contributed by atoms with E-state index in [9.17, 15) is 22.8 Å². The van der Waals surface area contributed by atoms with Crippen LogP contribution >= 0.6 is 0 Å². The SMILES string of the molecule is CNC(=O)c1cc(Oc2ccc(NC(=O)Nc3ccc(C)c(C(F)(F)F)c3)cc2)ccn1. The molecule has 0 radical (unpaired) electrons. The van der Waals surface area contributed by atoms with E-state index in [1.54, 1.807) is 30.3 Å². The maximum absolute atomic E-state index is 13.0. The molecule has 0 saturated carbocycles. The summed E-state index contributed by atoms with van der Waals surface area (Å²) in [6.45, 7) is 1.35. The molecule has 1 aromatic heterocycles. The Morgan fingerprint density at radius 3 is 2.22 bits per heavy atom. The average Bonchev–Trinajstić information content (AvgIpc) is 2.75. The van der Waals surface area contributed by atoms with E-state index in [1.165, 1.54) is 38.4 Å². The zero-order chi connectivity index (χ0) is 23.3. The van der Waals surface area contributed by atoms with E-state index in [-0.39, 0.29) is 22.9 Å². The number of aromatic nitrogens is 1. The third-order valence-electron chi connectivity index (χ3n) is 4.34. The monoisotopic (exact) mass is 444 g/mol. The molecule has 0 bridgehead atoms. The maximum Gasteiger partial charge on any atom is 0.416 e. The van der Waals surface area contributed by atoms with Gasteiger partial charge in [-0.3, -0.25) is 9.78 Å². The first kappa shape index (κ1) is 22.6. The summed E-state index contributed by atoms with van der Waals surface area (Å²) in [7, 11) is 1.49. The highest BCUT2D eigenvalue weighted by Gasteiger charge is 2.32. The molecule has 0 spiro atoms. The number of nitrogens with one attached hydrogen (secondary N) is 3. The molecular formula is C22H19F3N4O3. The number of hydrogen-bond acceptors (Lipinski definition) is 4. The van der Waals surface area contributed by atoms with Gasteiger partial charge in [-0.15, -0.1) is 0 Å². The quantitative estimate of drug-likeness (QED) is 0.504. The largest absolute Gasteiger partial charge is 0.457 e. The minimum Gasteiger partial charge on any atom is -0.457 e. The van der Waals surface area contributed by atoms with E-state index in [0.717, 1.165) is 6.07 Å². The van der Waals surface area contributed by atoms with Crippen LogP contribution in [0.1, 0.15) is 21.6 Å². The predicted octanol–water partition coefficient (Wildman–Crippen LogP) is 5.20. The highest BCUT2D eigenvalue weighted by Crippen LogP contribution is 2.33. The van der Waals surface area contributed by atoms with Crippen LogP contribution in [0.4, 0.5) is 29.3 Å². The van der Waals surface area contributed by atoms with Crippen LogP contribution in [-0.2, 0) is 6.18 Å². The van der Waals surface area contributed by atoms with Crippen molar-refractivity contribution in [2.75, 3.05) is 17.7 Å². The Balaban J connectivity index is 1.62. The zero-order valence-electron chi connectivity index (χ0n) is 17.1. The number of urea groups is 1. The number of ether oxygens (including phenoxy) is 1. The Bertz CT molecular complexity index is 1130. The van der Waals surface area contributed by atoms with Crippen molar-refractivity contribution in [3.63, 3.8) is 0 Å². The number of amides is 3. The summed E-state index contributed by atoms with van der Waals surface area (Å²) in [4.78, 5) is 27.8. The fraction of sp³-hybridized carbons (Fsp3) is 0.136. The van der Waals surface area contributed by atoms with Gasteiger partial charge in [0.05, 0.1) is 5.56 Å². The highest BCUT2D eigenvalue weighted by molar-refractivity contribution is 5.99. The van der Waals surface area contributed by atoms with Gasteiger partial charge in [-0.1, -0.05) is 6.07 Å². The number of benzene rings is 2. The van der Waals surface area contributed by atoms with Gasteiger partial charge in [0.15, 0.2) is 0 Å². The van der Waals surface area contributed by atoms with Crippen molar-refractivity contribution in [3.8, 4) is 11.5 Å². The third kappa shape index (κ3) is 5.75. The molecule has 0 aliphatic rings. The van der Waals surface area contributed by atoms with Crippen molar-refractivity contribution in [1.29, 1.82) is 0 Å². The predicted molar refractivity (Wildman–Crippen MR) is 113 cm³/mol. The van der Waals surface area contributed by atoms with Crippen LogP contribution in [0.2, 0.25) is 0 Å². The fourth-order valence-electron chi connectivity index (χ4n) is 2.77. The summed E-state index contributed by atoms with van der Waals surface area (Å²) in [5.41, 5.74) is -0.128. The molecule has 3 aromatic rings. The fourth-order valence-corrected chi connectivity index (χ4v) is 2.77. The minimum atomic E-state index is -4.51. The average molecular weight is 444 g/mol. The Kier molecular flexibility index (Phi) is 6.62. The number of carbonyl (C=O) groups is 2. The first-order valence-corrected chi connectivity index (χ1v) is 9.37. The molecule has 0 fully saturated rings. The molecule has 166 valence electrons. The molecule has 0 saturated heterocycles. The van der Waals surface area contributed by atoms with Crippen molar-refractivity contribution >= 4 is 23.3 Å². The van der Waals surface area contributed by atoms with E-state index < -0.39 is 17.8 Å². The molecular weight excluding hydrogens is 425 g/mol. The lowest BCUT2D eigenvalue weighted by Gasteiger charge is -2.13. The Labute approximate surface area is 181 Å². The lowest BCUT2D eigenvalue weighted by Crippen LogP contribution is -2.20. The van der Waals surface area contributed by atoms with Crippen LogP contribution in [-0.4, -0.2) is 24.0 Å². The minimum absolute atomic E-state index is 0.0185. The number of hydrogen-bond donors (Lipinski definition) is 3. The molecule has 10 heteroatoms. The summed E-state index contributed by atoms with van der Waals surface area (Å²) in [6.07, 6.45) is -3.07. The lowest BCUT2D eigenvalue weighted by molar-refractivity contribution is -0.138. The lowest BCUT2D eigenvalue weighted by atomic mass is 10.1. The topological polar surface area (TPSA) is 92.4 Å².